The molecule has 0 unspecified atom stereocenters. The van der Waals surface area contributed by atoms with Gasteiger partial charge in [0.1, 0.15) is 0 Å². The van der Waals surface area contributed by atoms with Gasteiger partial charge in [-0.1, -0.05) is 85.9 Å². The fourth-order valence-electron chi connectivity index (χ4n) is 3.10. The van der Waals surface area contributed by atoms with Crippen LogP contribution >= 0.6 is 0 Å². The first-order valence-electron chi connectivity index (χ1n) is 12.7. The molecule has 0 aliphatic heterocycles. The molecule has 0 saturated carbocycles. The molecule has 1 aromatic rings. The third kappa shape index (κ3) is 17.8. The Labute approximate surface area is 211 Å². The van der Waals surface area contributed by atoms with Gasteiger partial charge in [0.25, 0.3) is 0 Å². The van der Waals surface area contributed by atoms with Gasteiger partial charge < -0.3 is 14.9 Å². The van der Waals surface area contributed by atoms with Gasteiger partial charge in [-0.15, -0.1) is 0 Å². The summed E-state index contributed by atoms with van der Waals surface area (Å²) in [7, 11) is 0. The minimum absolute atomic E-state index is 0.129. The van der Waals surface area contributed by atoms with Gasteiger partial charge in [0.2, 0.25) is 0 Å². The third-order valence-electron chi connectivity index (χ3n) is 5.02. The highest BCUT2D eigenvalue weighted by Crippen LogP contribution is 2.25. The van der Waals surface area contributed by atoms with Crippen LogP contribution in [0.3, 0.4) is 0 Å². The smallest absolute Gasteiger partial charge is 0.306 e. The Bertz CT molecular complexity index is 872. The minimum Gasteiger partial charge on any atom is -0.504 e. The number of benzene rings is 1. The molecule has 2 N–H and O–H groups in total. The van der Waals surface area contributed by atoms with E-state index in [-0.39, 0.29) is 17.5 Å². The number of aryl methyl sites for hydroxylation is 1. The average molecular weight is 479 g/mol. The van der Waals surface area contributed by atoms with Crippen molar-refractivity contribution in [2.45, 2.75) is 71.1 Å². The molecule has 0 bridgehead atoms. The second-order valence-corrected chi connectivity index (χ2v) is 8.10. The number of carbonyl (C=O) groups is 1. The van der Waals surface area contributed by atoms with Gasteiger partial charge >= 0.3 is 5.97 Å². The van der Waals surface area contributed by atoms with Crippen LogP contribution < -0.4 is 0 Å². The number of aromatic hydroxyl groups is 2. The maximum Gasteiger partial charge on any atom is 0.306 e. The number of phenolic OH excluding ortho intramolecular Hbond substituents is 2. The summed E-state index contributed by atoms with van der Waals surface area (Å²) in [5, 5.41) is 18.8. The van der Waals surface area contributed by atoms with E-state index in [0.29, 0.717) is 32.3 Å². The van der Waals surface area contributed by atoms with Crippen LogP contribution in [0.5, 0.6) is 11.5 Å². The topological polar surface area (TPSA) is 66.8 Å². The molecule has 4 heteroatoms. The molecular weight excluding hydrogens is 436 g/mol. The zero-order valence-corrected chi connectivity index (χ0v) is 21.1. The summed E-state index contributed by atoms with van der Waals surface area (Å²) < 4.78 is 5.24. The van der Waals surface area contributed by atoms with Gasteiger partial charge in [-0.05, 0) is 75.5 Å². The molecule has 0 aromatic heterocycles. The summed E-state index contributed by atoms with van der Waals surface area (Å²) >= 11 is 0. The zero-order chi connectivity index (χ0) is 25.4. The number of allylic oxidation sites excluding steroid dienone is 12. The normalized spacial score (nSPS) is 12.5. The van der Waals surface area contributed by atoms with Crippen LogP contribution in [-0.4, -0.2) is 22.8 Å². The lowest BCUT2D eigenvalue weighted by atomic mass is 10.1. The first-order chi connectivity index (χ1) is 17.1. The lowest BCUT2D eigenvalue weighted by molar-refractivity contribution is -0.143. The monoisotopic (exact) mass is 478 g/mol. The molecule has 0 radical (unpaired) electrons. The van der Waals surface area contributed by atoms with Crippen molar-refractivity contribution in [1.29, 1.82) is 0 Å². The number of ether oxygens (including phenoxy) is 1. The predicted molar refractivity (Wildman–Crippen MR) is 147 cm³/mol. The maximum atomic E-state index is 11.8. The Kier molecular flexibility index (Phi) is 18.1. The number of hydrogen-bond donors (Lipinski definition) is 2. The Morgan fingerprint density at radius 1 is 0.743 bits per heavy atom. The van der Waals surface area contributed by atoms with Crippen molar-refractivity contribution in [2.75, 3.05) is 6.61 Å². The fraction of sp³-hybridized carbons (Fsp3) is 0.387. The molecule has 0 aliphatic rings. The SMILES string of the molecule is CC/C=C\C/C=C\C/C=C\C/C=C\C/C=C\C/C=C\CCC(=O)OCCCc1ccc(O)c(O)c1. The molecule has 1 aromatic carbocycles. The van der Waals surface area contributed by atoms with Gasteiger partial charge in [-0.3, -0.25) is 4.79 Å². The maximum absolute atomic E-state index is 11.8. The first kappa shape index (κ1) is 29.8. The van der Waals surface area contributed by atoms with Gasteiger partial charge in [-0.25, -0.2) is 0 Å². The summed E-state index contributed by atoms with van der Waals surface area (Å²) in [4.78, 5) is 11.8. The van der Waals surface area contributed by atoms with Crippen LogP contribution in [0.1, 0.15) is 70.3 Å². The van der Waals surface area contributed by atoms with Crippen molar-refractivity contribution < 1.29 is 19.7 Å². The van der Waals surface area contributed by atoms with E-state index in [1.165, 1.54) is 12.1 Å². The zero-order valence-electron chi connectivity index (χ0n) is 21.1. The second kappa shape index (κ2) is 21.3. The summed E-state index contributed by atoms with van der Waals surface area (Å²) in [5.41, 5.74) is 0.898. The molecule has 0 fully saturated rings. The highest BCUT2D eigenvalue weighted by molar-refractivity contribution is 5.69. The summed E-state index contributed by atoms with van der Waals surface area (Å²) in [6.45, 7) is 2.50. The van der Waals surface area contributed by atoms with Crippen LogP contribution in [0.15, 0.2) is 91.1 Å². The minimum atomic E-state index is -0.196. The lowest BCUT2D eigenvalue weighted by Gasteiger charge is -2.05. The van der Waals surface area contributed by atoms with Crippen molar-refractivity contribution in [2.24, 2.45) is 0 Å². The van der Waals surface area contributed by atoms with Crippen LogP contribution in [0.2, 0.25) is 0 Å². The van der Waals surface area contributed by atoms with E-state index in [2.05, 4.69) is 73.8 Å². The number of esters is 1. The highest BCUT2D eigenvalue weighted by Gasteiger charge is 2.03. The highest BCUT2D eigenvalue weighted by atomic mass is 16.5. The Hall–Kier alpha value is -3.27. The molecule has 190 valence electrons. The molecule has 35 heavy (non-hydrogen) atoms. The van der Waals surface area contributed by atoms with Crippen molar-refractivity contribution >= 4 is 5.97 Å². The van der Waals surface area contributed by atoms with Crippen molar-refractivity contribution in [1.82, 2.24) is 0 Å². The van der Waals surface area contributed by atoms with Crippen LogP contribution in [0, 0.1) is 0 Å². The van der Waals surface area contributed by atoms with E-state index in [0.717, 1.165) is 44.1 Å². The van der Waals surface area contributed by atoms with Crippen molar-refractivity contribution in [3.05, 3.63) is 96.7 Å². The van der Waals surface area contributed by atoms with Crippen LogP contribution in [-0.2, 0) is 16.0 Å². The van der Waals surface area contributed by atoms with Crippen LogP contribution in [0.25, 0.3) is 0 Å². The molecule has 0 saturated heterocycles. The number of phenols is 2. The van der Waals surface area contributed by atoms with E-state index in [1.54, 1.807) is 6.07 Å². The van der Waals surface area contributed by atoms with E-state index in [4.69, 9.17) is 4.74 Å². The van der Waals surface area contributed by atoms with Crippen LogP contribution in [0.4, 0.5) is 0 Å². The second-order valence-electron chi connectivity index (χ2n) is 8.10. The quantitative estimate of drug-likeness (QED) is 0.0969. The van der Waals surface area contributed by atoms with E-state index >= 15 is 0 Å². The summed E-state index contributed by atoms with van der Waals surface area (Å²) in [6.07, 6.45) is 34.2. The first-order valence-corrected chi connectivity index (χ1v) is 12.7. The molecule has 0 amide bonds. The largest absolute Gasteiger partial charge is 0.504 e. The summed E-state index contributed by atoms with van der Waals surface area (Å²) in [5.74, 6) is -0.455. The van der Waals surface area contributed by atoms with E-state index < -0.39 is 0 Å². The lowest BCUT2D eigenvalue weighted by Crippen LogP contribution is -2.05. The Balaban J connectivity index is 1.98. The van der Waals surface area contributed by atoms with Gasteiger partial charge in [0, 0.05) is 6.42 Å². The molecule has 0 aliphatic carbocycles. The van der Waals surface area contributed by atoms with E-state index in [1.807, 2.05) is 6.08 Å². The summed E-state index contributed by atoms with van der Waals surface area (Å²) in [6, 6.07) is 4.74. The van der Waals surface area contributed by atoms with Gasteiger partial charge in [0.15, 0.2) is 11.5 Å². The number of rotatable bonds is 18. The molecular formula is C31H42O4. The Morgan fingerprint density at radius 3 is 1.77 bits per heavy atom. The van der Waals surface area contributed by atoms with Crippen molar-refractivity contribution in [3.8, 4) is 11.5 Å². The van der Waals surface area contributed by atoms with Gasteiger partial charge in [0.05, 0.1) is 6.61 Å². The predicted octanol–water partition coefficient (Wildman–Crippen LogP) is 8.05. The molecule has 0 heterocycles. The number of hydrogen-bond acceptors (Lipinski definition) is 4. The van der Waals surface area contributed by atoms with E-state index in [9.17, 15) is 15.0 Å². The van der Waals surface area contributed by atoms with Crippen molar-refractivity contribution in [3.63, 3.8) is 0 Å². The molecule has 4 nitrogen and oxygen atoms in total. The molecule has 1 rings (SSSR count). The fourth-order valence-corrected chi connectivity index (χ4v) is 3.10. The standard InChI is InChI=1S/C31H42O4/c1-2-3-4-5-6-7-8-9-10-11-12-13-14-15-16-17-18-19-20-23-31(34)35-26-21-22-28-24-25-29(32)30(33)27-28/h3-4,6-7,9-10,12-13,15-16,18-19,24-25,27,32-33H,2,5,8,11,14,17,20-23,26H2,1H3/b4-3-,7-6-,10-9-,13-12-,16-15-,19-18-. The average Bonchev–Trinajstić information content (AvgIpc) is 2.85. The molecule has 0 spiro atoms. The number of carbonyl (C=O) groups excluding carboxylic acids is 1. The Morgan fingerprint density at radius 2 is 1.26 bits per heavy atom. The third-order valence-corrected chi connectivity index (χ3v) is 5.02. The molecule has 0 atom stereocenters. The van der Waals surface area contributed by atoms with Gasteiger partial charge in [-0.2, -0.15) is 0 Å².